The zero-order chi connectivity index (χ0) is 24.4. The van der Waals surface area contributed by atoms with Crippen molar-refractivity contribution in [3.63, 3.8) is 0 Å². The lowest BCUT2D eigenvalue weighted by Gasteiger charge is -2.07. The van der Waals surface area contributed by atoms with Gasteiger partial charge in [0.1, 0.15) is 5.82 Å². The van der Waals surface area contributed by atoms with Crippen LogP contribution in [0.4, 0.5) is 11.4 Å². The molecular formula is C27H18Cl2N4O2. The second kappa shape index (κ2) is 9.62. The number of carbonyl (C=O) groups excluding carboxylic acids is 2. The largest absolute Gasteiger partial charge is 0.338 e. The van der Waals surface area contributed by atoms with Gasteiger partial charge in [0.25, 0.3) is 11.8 Å². The van der Waals surface area contributed by atoms with Gasteiger partial charge in [-0.25, -0.2) is 4.98 Å². The average molecular weight is 501 g/mol. The molecule has 0 bridgehead atoms. The molecule has 1 heterocycles. The van der Waals surface area contributed by atoms with Gasteiger partial charge in [0.15, 0.2) is 0 Å². The van der Waals surface area contributed by atoms with E-state index in [1.54, 1.807) is 60.7 Å². The number of amides is 2. The maximum Gasteiger partial charge on any atom is 0.257 e. The second-order valence-corrected chi connectivity index (χ2v) is 8.58. The van der Waals surface area contributed by atoms with Crippen LogP contribution >= 0.6 is 23.2 Å². The topological polar surface area (TPSA) is 86.9 Å². The zero-order valence-electron chi connectivity index (χ0n) is 18.2. The summed E-state index contributed by atoms with van der Waals surface area (Å²) >= 11 is 12.3. The molecule has 0 fully saturated rings. The van der Waals surface area contributed by atoms with E-state index in [0.717, 1.165) is 16.6 Å². The van der Waals surface area contributed by atoms with Crippen LogP contribution < -0.4 is 10.6 Å². The van der Waals surface area contributed by atoms with Gasteiger partial charge in [-0.1, -0.05) is 59.6 Å². The van der Waals surface area contributed by atoms with E-state index in [-0.39, 0.29) is 11.8 Å². The predicted molar refractivity (Wildman–Crippen MR) is 140 cm³/mol. The molecule has 0 saturated heterocycles. The normalized spacial score (nSPS) is 10.8. The van der Waals surface area contributed by atoms with Crippen molar-refractivity contribution in [1.29, 1.82) is 0 Å². The maximum atomic E-state index is 12.6. The minimum Gasteiger partial charge on any atom is -0.338 e. The SMILES string of the molecule is O=C(Nc1cccc(-c2nc3ccc(NC(=O)c4ccccc4Cl)cc3[nH]2)c1)c1ccccc1Cl. The summed E-state index contributed by atoms with van der Waals surface area (Å²) in [5.74, 6) is 0.0383. The van der Waals surface area contributed by atoms with E-state index in [2.05, 4.69) is 20.6 Å². The van der Waals surface area contributed by atoms with Gasteiger partial charge in [0.2, 0.25) is 0 Å². The van der Waals surface area contributed by atoms with E-state index in [9.17, 15) is 9.59 Å². The summed E-state index contributed by atoms with van der Waals surface area (Å²) < 4.78 is 0. The van der Waals surface area contributed by atoms with Gasteiger partial charge < -0.3 is 15.6 Å². The molecular weight excluding hydrogens is 483 g/mol. The fourth-order valence-electron chi connectivity index (χ4n) is 3.66. The number of rotatable bonds is 5. The Morgan fingerprint density at radius 2 is 1.29 bits per heavy atom. The molecule has 3 N–H and O–H groups in total. The number of carbonyl (C=O) groups is 2. The highest BCUT2D eigenvalue weighted by molar-refractivity contribution is 6.35. The summed E-state index contributed by atoms with van der Waals surface area (Å²) in [6.07, 6.45) is 0. The number of fused-ring (bicyclic) bond motifs is 1. The lowest BCUT2D eigenvalue weighted by Crippen LogP contribution is -2.12. The van der Waals surface area contributed by atoms with Gasteiger partial charge in [-0.05, 0) is 54.6 Å². The number of benzene rings is 4. The van der Waals surface area contributed by atoms with E-state index < -0.39 is 0 Å². The molecule has 0 unspecified atom stereocenters. The molecule has 172 valence electrons. The lowest BCUT2D eigenvalue weighted by molar-refractivity contribution is 0.101. The number of anilines is 2. The molecule has 4 aromatic carbocycles. The molecule has 35 heavy (non-hydrogen) atoms. The van der Waals surface area contributed by atoms with Crippen LogP contribution in [0, 0.1) is 0 Å². The molecule has 8 heteroatoms. The molecule has 5 rings (SSSR count). The number of nitrogens with one attached hydrogen (secondary N) is 3. The van der Waals surface area contributed by atoms with Crippen molar-refractivity contribution in [2.45, 2.75) is 0 Å². The average Bonchev–Trinajstić information content (AvgIpc) is 3.28. The van der Waals surface area contributed by atoms with Gasteiger partial charge >= 0.3 is 0 Å². The Bertz CT molecular complexity index is 1580. The van der Waals surface area contributed by atoms with Crippen molar-refractivity contribution in [2.75, 3.05) is 10.6 Å². The molecule has 1 aromatic heterocycles. The summed E-state index contributed by atoms with van der Waals surface area (Å²) in [6.45, 7) is 0. The van der Waals surface area contributed by atoms with Crippen LogP contribution in [-0.4, -0.2) is 21.8 Å². The first-order chi connectivity index (χ1) is 17.0. The van der Waals surface area contributed by atoms with Crippen molar-refractivity contribution < 1.29 is 9.59 Å². The first kappa shape index (κ1) is 22.7. The van der Waals surface area contributed by atoms with Crippen molar-refractivity contribution in [3.05, 3.63) is 112 Å². The van der Waals surface area contributed by atoms with E-state index in [0.29, 0.717) is 38.4 Å². The molecule has 5 aromatic rings. The minimum absolute atomic E-state index is 0.295. The molecule has 0 aliphatic carbocycles. The monoisotopic (exact) mass is 500 g/mol. The summed E-state index contributed by atoms with van der Waals surface area (Å²) in [4.78, 5) is 33.1. The van der Waals surface area contributed by atoms with E-state index in [1.807, 2.05) is 30.3 Å². The molecule has 2 amide bonds. The molecule has 0 radical (unpaired) electrons. The minimum atomic E-state index is -0.295. The molecule has 6 nitrogen and oxygen atoms in total. The second-order valence-electron chi connectivity index (χ2n) is 7.77. The molecule has 0 atom stereocenters. The molecule has 0 saturated carbocycles. The molecule has 0 spiro atoms. The van der Waals surface area contributed by atoms with Crippen LogP contribution in [0.25, 0.3) is 22.4 Å². The van der Waals surface area contributed by atoms with Crippen molar-refractivity contribution >= 4 is 57.4 Å². The standard InChI is InChI=1S/C27H18Cl2N4O2/c28-21-10-3-1-8-19(21)26(34)30-17-7-5-6-16(14-17)25-32-23-13-12-18(15-24(23)33-25)31-27(35)20-9-2-4-11-22(20)29/h1-15H,(H,30,34)(H,31,35)(H,32,33). The Hall–Kier alpha value is -4.13. The summed E-state index contributed by atoms with van der Waals surface area (Å²) in [7, 11) is 0. The van der Waals surface area contributed by atoms with Crippen molar-refractivity contribution in [1.82, 2.24) is 9.97 Å². The third kappa shape index (κ3) is 4.89. The Morgan fingerprint density at radius 3 is 1.91 bits per heavy atom. The Kier molecular flexibility index (Phi) is 6.23. The summed E-state index contributed by atoms with van der Waals surface area (Å²) in [6, 6.07) is 26.5. The highest BCUT2D eigenvalue weighted by Crippen LogP contribution is 2.26. The van der Waals surface area contributed by atoms with Gasteiger partial charge in [0, 0.05) is 16.9 Å². The third-order valence-corrected chi connectivity index (χ3v) is 6.03. The number of nitrogens with zero attached hydrogens (tertiary/aromatic N) is 1. The quantitative estimate of drug-likeness (QED) is 0.241. The molecule has 0 aliphatic heterocycles. The number of aromatic amines is 1. The van der Waals surface area contributed by atoms with Crippen molar-refractivity contribution in [2.24, 2.45) is 0 Å². The van der Waals surface area contributed by atoms with E-state index in [1.165, 1.54) is 0 Å². The van der Waals surface area contributed by atoms with Crippen LogP contribution in [0.3, 0.4) is 0 Å². The highest BCUT2D eigenvalue weighted by atomic mass is 35.5. The Morgan fingerprint density at radius 1 is 0.686 bits per heavy atom. The Balaban J connectivity index is 1.37. The first-order valence-electron chi connectivity index (χ1n) is 10.7. The Labute approximate surface area is 210 Å². The van der Waals surface area contributed by atoms with E-state index >= 15 is 0 Å². The summed E-state index contributed by atoms with van der Waals surface area (Å²) in [5, 5.41) is 6.50. The smallest absolute Gasteiger partial charge is 0.257 e. The first-order valence-corrected chi connectivity index (χ1v) is 11.5. The third-order valence-electron chi connectivity index (χ3n) is 5.37. The number of halogens is 2. The van der Waals surface area contributed by atoms with Gasteiger partial charge in [-0.3, -0.25) is 9.59 Å². The van der Waals surface area contributed by atoms with Gasteiger partial charge in [0.05, 0.1) is 32.2 Å². The zero-order valence-corrected chi connectivity index (χ0v) is 19.7. The fourth-order valence-corrected chi connectivity index (χ4v) is 4.10. The highest BCUT2D eigenvalue weighted by Gasteiger charge is 2.13. The van der Waals surface area contributed by atoms with Crippen molar-refractivity contribution in [3.8, 4) is 11.4 Å². The lowest BCUT2D eigenvalue weighted by atomic mass is 10.1. The number of hydrogen-bond donors (Lipinski definition) is 3. The predicted octanol–water partition coefficient (Wildman–Crippen LogP) is 7.04. The van der Waals surface area contributed by atoms with Crippen LogP contribution in [0.5, 0.6) is 0 Å². The number of aromatic nitrogens is 2. The number of hydrogen-bond acceptors (Lipinski definition) is 3. The van der Waals surface area contributed by atoms with Gasteiger partial charge in [-0.15, -0.1) is 0 Å². The van der Waals surface area contributed by atoms with Crippen LogP contribution in [0.1, 0.15) is 20.7 Å². The fraction of sp³-hybridized carbons (Fsp3) is 0. The maximum absolute atomic E-state index is 12.6. The summed E-state index contributed by atoms with van der Waals surface area (Å²) in [5.41, 5.74) is 4.30. The van der Waals surface area contributed by atoms with Crippen LogP contribution in [-0.2, 0) is 0 Å². The number of imidazole rings is 1. The number of H-pyrrole nitrogens is 1. The van der Waals surface area contributed by atoms with Crippen LogP contribution in [0.15, 0.2) is 91.0 Å². The van der Waals surface area contributed by atoms with E-state index in [4.69, 9.17) is 23.2 Å². The molecule has 0 aliphatic rings. The van der Waals surface area contributed by atoms with Gasteiger partial charge in [-0.2, -0.15) is 0 Å². The van der Waals surface area contributed by atoms with Crippen LogP contribution in [0.2, 0.25) is 10.0 Å².